The molecule has 0 aromatic heterocycles. The highest BCUT2D eigenvalue weighted by Gasteiger charge is 2.52. The SMILES string of the molecule is COc1cc(Br)cc(C23CC4CC(CC(C4)C2)C3)c1OC. The molecule has 2 nitrogen and oxygen atoms in total. The van der Waals surface area contributed by atoms with E-state index < -0.39 is 0 Å². The van der Waals surface area contributed by atoms with Gasteiger partial charge in [-0.05, 0) is 73.8 Å². The van der Waals surface area contributed by atoms with Crippen LogP contribution in [0.5, 0.6) is 11.5 Å². The molecule has 0 atom stereocenters. The highest BCUT2D eigenvalue weighted by atomic mass is 79.9. The Labute approximate surface area is 135 Å². The van der Waals surface area contributed by atoms with Crippen LogP contribution in [0.25, 0.3) is 0 Å². The summed E-state index contributed by atoms with van der Waals surface area (Å²) >= 11 is 3.66. The molecule has 0 radical (unpaired) electrons. The molecule has 1 aromatic carbocycles. The fraction of sp³-hybridized carbons (Fsp3) is 0.667. The van der Waals surface area contributed by atoms with Crippen molar-refractivity contribution in [3.8, 4) is 11.5 Å². The van der Waals surface area contributed by atoms with E-state index in [1.807, 2.05) is 6.07 Å². The molecule has 4 aliphatic rings. The van der Waals surface area contributed by atoms with Crippen molar-refractivity contribution in [1.82, 2.24) is 0 Å². The molecule has 0 spiro atoms. The second-order valence-electron chi connectivity index (χ2n) is 7.39. The maximum atomic E-state index is 5.77. The lowest BCUT2D eigenvalue weighted by Crippen LogP contribution is -2.48. The van der Waals surface area contributed by atoms with Crippen LogP contribution in [0.4, 0.5) is 0 Å². The second-order valence-corrected chi connectivity index (χ2v) is 8.30. The first-order chi connectivity index (χ1) is 10.1. The fourth-order valence-electron chi connectivity index (χ4n) is 5.77. The van der Waals surface area contributed by atoms with Crippen LogP contribution < -0.4 is 9.47 Å². The third kappa shape index (κ3) is 2.11. The van der Waals surface area contributed by atoms with Crippen LogP contribution in [-0.4, -0.2) is 14.2 Å². The molecule has 114 valence electrons. The number of ether oxygens (including phenoxy) is 2. The van der Waals surface area contributed by atoms with Crippen LogP contribution >= 0.6 is 15.9 Å². The number of methoxy groups -OCH3 is 2. The van der Waals surface area contributed by atoms with Gasteiger partial charge in [-0.3, -0.25) is 0 Å². The summed E-state index contributed by atoms with van der Waals surface area (Å²) in [5.41, 5.74) is 1.72. The van der Waals surface area contributed by atoms with Crippen molar-refractivity contribution in [2.24, 2.45) is 17.8 Å². The minimum atomic E-state index is 0.331. The lowest BCUT2D eigenvalue weighted by molar-refractivity contribution is -0.00631. The Morgan fingerprint density at radius 2 is 1.52 bits per heavy atom. The lowest BCUT2D eigenvalue weighted by atomic mass is 9.48. The molecule has 0 aliphatic heterocycles. The van der Waals surface area contributed by atoms with Crippen LogP contribution in [0.2, 0.25) is 0 Å². The van der Waals surface area contributed by atoms with Gasteiger partial charge in [-0.1, -0.05) is 15.9 Å². The van der Waals surface area contributed by atoms with E-state index >= 15 is 0 Å². The van der Waals surface area contributed by atoms with Gasteiger partial charge in [0.1, 0.15) is 0 Å². The summed E-state index contributed by atoms with van der Waals surface area (Å²) in [6, 6.07) is 4.30. The Bertz CT molecular complexity index is 531. The zero-order chi connectivity index (χ0) is 14.6. The standard InChI is InChI=1S/C18H23BrO2/c1-20-16-7-14(19)6-15(17(16)21-2)18-8-11-3-12(9-18)5-13(4-11)10-18/h6-7,11-13H,3-5,8-10H2,1-2H3. The molecule has 0 amide bonds. The molecule has 5 rings (SSSR count). The second kappa shape index (κ2) is 4.91. The third-order valence-corrected chi connectivity index (χ3v) is 6.51. The topological polar surface area (TPSA) is 18.5 Å². The van der Waals surface area contributed by atoms with Gasteiger partial charge in [-0.25, -0.2) is 0 Å². The maximum absolute atomic E-state index is 5.77. The predicted octanol–water partition coefficient (Wildman–Crippen LogP) is 4.93. The Kier molecular flexibility index (Phi) is 3.25. The number of hydrogen-bond donors (Lipinski definition) is 0. The number of benzene rings is 1. The van der Waals surface area contributed by atoms with Crippen molar-refractivity contribution in [3.05, 3.63) is 22.2 Å². The highest BCUT2D eigenvalue weighted by molar-refractivity contribution is 9.10. The zero-order valence-electron chi connectivity index (χ0n) is 12.8. The molecule has 0 saturated heterocycles. The van der Waals surface area contributed by atoms with Gasteiger partial charge in [0.2, 0.25) is 0 Å². The van der Waals surface area contributed by atoms with Crippen LogP contribution in [0, 0.1) is 17.8 Å². The largest absolute Gasteiger partial charge is 0.493 e. The summed E-state index contributed by atoms with van der Waals surface area (Å²) in [6.07, 6.45) is 8.42. The molecule has 1 aromatic rings. The van der Waals surface area contributed by atoms with Gasteiger partial charge in [0, 0.05) is 10.0 Å². The van der Waals surface area contributed by atoms with Gasteiger partial charge in [0.25, 0.3) is 0 Å². The van der Waals surface area contributed by atoms with E-state index in [4.69, 9.17) is 9.47 Å². The highest BCUT2D eigenvalue weighted by Crippen LogP contribution is 2.62. The van der Waals surface area contributed by atoms with Gasteiger partial charge < -0.3 is 9.47 Å². The first-order valence-electron chi connectivity index (χ1n) is 8.05. The minimum absolute atomic E-state index is 0.331. The van der Waals surface area contributed by atoms with Crippen molar-refractivity contribution in [2.75, 3.05) is 14.2 Å². The van der Waals surface area contributed by atoms with Crippen molar-refractivity contribution in [2.45, 2.75) is 43.9 Å². The van der Waals surface area contributed by atoms with Crippen molar-refractivity contribution in [3.63, 3.8) is 0 Å². The van der Waals surface area contributed by atoms with Crippen LogP contribution in [0.1, 0.15) is 44.1 Å². The van der Waals surface area contributed by atoms with E-state index in [0.717, 1.165) is 33.7 Å². The molecule has 4 bridgehead atoms. The minimum Gasteiger partial charge on any atom is -0.493 e. The van der Waals surface area contributed by atoms with Gasteiger partial charge >= 0.3 is 0 Å². The van der Waals surface area contributed by atoms with Crippen LogP contribution in [0.15, 0.2) is 16.6 Å². The van der Waals surface area contributed by atoms with Gasteiger partial charge in [-0.2, -0.15) is 0 Å². The first-order valence-corrected chi connectivity index (χ1v) is 8.85. The van der Waals surface area contributed by atoms with E-state index in [1.54, 1.807) is 14.2 Å². The normalized spacial score (nSPS) is 36.8. The first kappa shape index (κ1) is 13.9. The molecule has 4 aliphatic carbocycles. The molecule has 4 fully saturated rings. The summed E-state index contributed by atoms with van der Waals surface area (Å²) in [6.45, 7) is 0. The van der Waals surface area contributed by atoms with Gasteiger partial charge in [-0.15, -0.1) is 0 Å². The molecule has 21 heavy (non-hydrogen) atoms. The lowest BCUT2D eigenvalue weighted by Gasteiger charge is -2.57. The molecular formula is C18H23BrO2. The Morgan fingerprint density at radius 1 is 0.952 bits per heavy atom. The molecule has 0 unspecified atom stereocenters. The molecule has 0 heterocycles. The Morgan fingerprint density at radius 3 is 2.00 bits per heavy atom. The van der Waals surface area contributed by atoms with E-state index in [9.17, 15) is 0 Å². The maximum Gasteiger partial charge on any atom is 0.164 e. The Hall–Kier alpha value is -0.700. The van der Waals surface area contributed by atoms with Crippen molar-refractivity contribution < 1.29 is 9.47 Å². The summed E-state index contributed by atoms with van der Waals surface area (Å²) in [4.78, 5) is 0. The third-order valence-electron chi connectivity index (χ3n) is 6.05. The number of halogens is 1. The molecule has 0 N–H and O–H groups in total. The monoisotopic (exact) mass is 350 g/mol. The van der Waals surface area contributed by atoms with Crippen molar-refractivity contribution in [1.29, 1.82) is 0 Å². The summed E-state index contributed by atoms with van der Waals surface area (Å²) in [7, 11) is 3.50. The van der Waals surface area contributed by atoms with E-state index in [2.05, 4.69) is 22.0 Å². The average molecular weight is 351 g/mol. The fourth-order valence-corrected chi connectivity index (χ4v) is 6.20. The van der Waals surface area contributed by atoms with Gasteiger partial charge in [0.15, 0.2) is 11.5 Å². The van der Waals surface area contributed by atoms with Crippen LogP contribution in [-0.2, 0) is 5.41 Å². The molecule has 3 heteroatoms. The van der Waals surface area contributed by atoms with Crippen molar-refractivity contribution >= 4 is 15.9 Å². The summed E-state index contributed by atoms with van der Waals surface area (Å²) in [5, 5.41) is 0. The number of rotatable bonds is 3. The van der Waals surface area contributed by atoms with E-state index in [0.29, 0.717) is 5.41 Å². The van der Waals surface area contributed by atoms with Crippen LogP contribution in [0.3, 0.4) is 0 Å². The molecule has 4 saturated carbocycles. The van der Waals surface area contributed by atoms with E-state index in [1.165, 1.54) is 44.1 Å². The molecular weight excluding hydrogens is 328 g/mol. The average Bonchev–Trinajstić information content (AvgIpc) is 2.44. The zero-order valence-corrected chi connectivity index (χ0v) is 14.4. The summed E-state index contributed by atoms with van der Waals surface area (Å²) < 4.78 is 12.4. The predicted molar refractivity (Wildman–Crippen MR) is 87.1 cm³/mol. The Balaban J connectivity index is 1.84. The summed E-state index contributed by atoms with van der Waals surface area (Å²) in [5.74, 6) is 4.63. The van der Waals surface area contributed by atoms with Gasteiger partial charge in [0.05, 0.1) is 14.2 Å². The quantitative estimate of drug-likeness (QED) is 0.768. The van der Waals surface area contributed by atoms with E-state index in [-0.39, 0.29) is 0 Å². The smallest absolute Gasteiger partial charge is 0.164 e. The number of hydrogen-bond acceptors (Lipinski definition) is 2.